The molecule has 3 N–H and O–H groups in total. The number of hydrogen-bond donors (Lipinski definition) is 2. The normalized spacial score (nSPS) is 17.0. The zero-order chi connectivity index (χ0) is 14.4. The Hall–Kier alpha value is -0.810. The molecule has 0 aromatic heterocycles. The molecule has 0 heterocycles. The molecular formula is C16H26Cl2N2O2. The lowest BCUT2D eigenvalue weighted by Gasteiger charge is -2.28. The highest BCUT2D eigenvalue weighted by Gasteiger charge is 2.41. The molecule has 1 aliphatic carbocycles. The van der Waals surface area contributed by atoms with Crippen molar-refractivity contribution in [2.45, 2.75) is 43.7 Å². The summed E-state index contributed by atoms with van der Waals surface area (Å²) in [6.07, 6.45) is 4.68. The number of methoxy groups -OCH3 is 1. The third-order valence-electron chi connectivity index (χ3n) is 4.18. The third-order valence-corrected chi connectivity index (χ3v) is 4.18. The van der Waals surface area contributed by atoms with Crippen molar-refractivity contribution < 1.29 is 9.53 Å². The summed E-state index contributed by atoms with van der Waals surface area (Å²) in [5.74, 6) is -0.136. The van der Waals surface area contributed by atoms with E-state index < -0.39 is 5.54 Å². The standard InChI is InChI=1S/C16H24N2O2.2ClH/c1-20-15(19)16(10-5-6-11-16)18-12-9-14(17)13-7-3-2-4-8-13;;/h2-4,7-8,14,18H,5-6,9-12,17H2,1H3;2*1H/t14-;;/m0../s1. The molecular weight excluding hydrogens is 323 g/mol. The lowest BCUT2D eigenvalue weighted by molar-refractivity contribution is -0.148. The molecule has 6 heteroatoms. The third kappa shape index (κ3) is 5.13. The molecule has 0 spiro atoms. The summed E-state index contributed by atoms with van der Waals surface area (Å²) in [6.45, 7) is 0.727. The molecule has 1 fully saturated rings. The van der Waals surface area contributed by atoms with E-state index in [0.717, 1.165) is 44.2 Å². The molecule has 1 atom stereocenters. The van der Waals surface area contributed by atoms with E-state index in [4.69, 9.17) is 10.5 Å². The van der Waals surface area contributed by atoms with Crippen molar-refractivity contribution >= 4 is 30.8 Å². The van der Waals surface area contributed by atoms with E-state index >= 15 is 0 Å². The molecule has 1 aliphatic rings. The van der Waals surface area contributed by atoms with Crippen molar-refractivity contribution in [2.75, 3.05) is 13.7 Å². The fourth-order valence-electron chi connectivity index (χ4n) is 2.96. The van der Waals surface area contributed by atoms with E-state index in [0.29, 0.717) is 0 Å². The minimum absolute atomic E-state index is 0. The Morgan fingerprint density at radius 1 is 1.27 bits per heavy atom. The number of benzene rings is 1. The number of halogens is 2. The second-order valence-electron chi connectivity index (χ2n) is 5.51. The topological polar surface area (TPSA) is 64.3 Å². The molecule has 0 bridgehead atoms. The maximum absolute atomic E-state index is 12.0. The number of esters is 1. The summed E-state index contributed by atoms with van der Waals surface area (Å²) in [6, 6.07) is 10.1. The zero-order valence-electron chi connectivity index (χ0n) is 12.9. The van der Waals surface area contributed by atoms with Gasteiger partial charge in [-0.15, -0.1) is 24.8 Å². The number of carbonyl (C=O) groups excluding carboxylic acids is 1. The molecule has 2 rings (SSSR count). The fraction of sp³-hybridized carbons (Fsp3) is 0.562. The Bertz CT molecular complexity index is 437. The highest BCUT2D eigenvalue weighted by Crippen LogP contribution is 2.31. The molecule has 4 nitrogen and oxygen atoms in total. The van der Waals surface area contributed by atoms with E-state index in [1.807, 2.05) is 30.3 Å². The lowest BCUT2D eigenvalue weighted by Crippen LogP contribution is -2.51. The quantitative estimate of drug-likeness (QED) is 0.775. The van der Waals surface area contributed by atoms with Crippen molar-refractivity contribution in [3.8, 4) is 0 Å². The van der Waals surface area contributed by atoms with Crippen LogP contribution in [0.5, 0.6) is 0 Å². The van der Waals surface area contributed by atoms with E-state index in [-0.39, 0.29) is 36.8 Å². The van der Waals surface area contributed by atoms with Crippen molar-refractivity contribution in [3.63, 3.8) is 0 Å². The lowest BCUT2D eigenvalue weighted by atomic mass is 9.97. The maximum Gasteiger partial charge on any atom is 0.326 e. The summed E-state index contributed by atoms with van der Waals surface area (Å²) in [5, 5.41) is 3.39. The summed E-state index contributed by atoms with van der Waals surface area (Å²) in [7, 11) is 1.46. The van der Waals surface area contributed by atoms with Gasteiger partial charge in [0.05, 0.1) is 7.11 Å². The van der Waals surface area contributed by atoms with Crippen molar-refractivity contribution in [1.29, 1.82) is 0 Å². The maximum atomic E-state index is 12.0. The number of ether oxygens (including phenoxy) is 1. The van der Waals surface area contributed by atoms with Crippen LogP contribution >= 0.6 is 24.8 Å². The molecule has 0 saturated heterocycles. The van der Waals surface area contributed by atoms with E-state index in [2.05, 4.69) is 5.32 Å². The fourth-order valence-corrected chi connectivity index (χ4v) is 2.96. The van der Waals surface area contributed by atoms with Gasteiger partial charge in [-0.2, -0.15) is 0 Å². The Kier molecular flexibility index (Phi) is 9.69. The average molecular weight is 349 g/mol. The second-order valence-corrected chi connectivity index (χ2v) is 5.51. The van der Waals surface area contributed by atoms with Crippen molar-refractivity contribution in [3.05, 3.63) is 35.9 Å². The molecule has 0 radical (unpaired) electrons. The van der Waals surface area contributed by atoms with Gasteiger partial charge in [0, 0.05) is 6.04 Å². The van der Waals surface area contributed by atoms with Crippen LogP contribution in [0.2, 0.25) is 0 Å². The molecule has 22 heavy (non-hydrogen) atoms. The van der Waals surface area contributed by atoms with Gasteiger partial charge in [-0.05, 0) is 31.4 Å². The van der Waals surface area contributed by atoms with Crippen LogP contribution < -0.4 is 11.1 Å². The number of rotatable bonds is 6. The molecule has 0 amide bonds. The minimum atomic E-state index is -0.481. The van der Waals surface area contributed by atoms with Gasteiger partial charge in [-0.3, -0.25) is 4.79 Å². The monoisotopic (exact) mass is 348 g/mol. The molecule has 1 aromatic carbocycles. The van der Waals surface area contributed by atoms with Gasteiger partial charge in [0.2, 0.25) is 0 Å². The molecule has 1 aromatic rings. The zero-order valence-corrected chi connectivity index (χ0v) is 14.6. The number of nitrogens with two attached hydrogens (primary N) is 1. The van der Waals surface area contributed by atoms with Crippen LogP contribution in [0.4, 0.5) is 0 Å². The SMILES string of the molecule is COC(=O)C1(NCC[C@H](N)c2ccccc2)CCCC1.Cl.Cl. The summed E-state index contributed by atoms with van der Waals surface area (Å²) >= 11 is 0. The van der Waals surface area contributed by atoms with E-state index in [1.54, 1.807) is 0 Å². The van der Waals surface area contributed by atoms with Gasteiger partial charge in [0.25, 0.3) is 0 Å². The van der Waals surface area contributed by atoms with Crippen LogP contribution in [0.25, 0.3) is 0 Å². The Morgan fingerprint density at radius 2 is 1.86 bits per heavy atom. The van der Waals surface area contributed by atoms with Crippen LogP contribution in [-0.4, -0.2) is 25.2 Å². The predicted octanol–water partition coefficient (Wildman–Crippen LogP) is 3.00. The summed E-state index contributed by atoms with van der Waals surface area (Å²) in [5.41, 5.74) is 6.83. The summed E-state index contributed by atoms with van der Waals surface area (Å²) < 4.78 is 4.95. The molecule has 1 saturated carbocycles. The van der Waals surface area contributed by atoms with Crippen LogP contribution in [-0.2, 0) is 9.53 Å². The first-order chi connectivity index (χ1) is 9.68. The first kappa shape index (κ1) is 21.2. The molecule has 0 unspecified atom stereocenters. The first-order valence-corrected chi connectivity index (χ1v) is 7.32. The number of nitrogens with one attached hydrogen (secondary N) is 1. The molecule has 126 valence electrons. The Balaban J connectivity index is 0.00000220. The van der Waals surface area contributed by atoms with Gasteiger partial charge in [-0.1, -0.05) is 43.2 Å². The minimum Gasteiger partial charge on any atom is -0.468 e. The van der Waals surface area contributed by atoms with Crippen molar-refractivity contribution in [2.24, 2.45) is 5.73 Å². The largest absolute Gasteiger partial charge is 0.468 e. The van der Waals surface area contributed by atoms with Crippen LogP contribution in [0.15, 0.2) is 30.3 Å². The van der Waals surface area contributed by atoms with Gasteiger partial charge < -0.3 is 15.8 Å². The van der Waals surface area contributed by atoms with E-state index in [9.17, 15) is 4.79 Å². The van der Waals surface area contributed by atoms with Crippen LogP contribution in [0.3, 0.4) is 0 Å². The Labute approximate surface area is 145 Å². The van der Waals surface area contributed by atoms with Crippen molar-refractivity contribution in [1.82, 2.24) is 5.32 Å². The number of hydrogen-bond acceptors (Lipinski definition) is 4. The predicted molar refractivity (Wildman–Crippen MR) is 93.7 cm³/mol. The second kappa shape index (κ2) is 10.1. The van der Waals surface area contributed by atoms with Crippen LogP contribution in [0.1, 0.15) is 43.7 Å². The first-order valence-electron chi connectivity index (χ1n) is 7.32. The molecule has 0 aliphatic heterocycles. The highest BCUT2D eigenvalue weighted by atomic mass is 35.5. The number of carbonyl (C=O) groups is 1. The Morgan fingerprint density at radius 3 is 2.41 bits per heavy atom. The van der Waals surface area contributed by atoms with Gasteiger partial charge in [-0.25, -0.2) is 0 Å². The highest BCUT2D eigenvalue weighted by molar-refractivity contribution is 5.85. The van der Waals surface area contributed by atoms with Crippen LogP contribution in [0, 0.1) is 0 Å². The average Bonchev–Trinajstić information content (AvgIpc) is 2.97. The summed E-state index contributed by atoms with van der Waals surface area (Å²) in [4.78, 5) is 12.0. The van der Waals surface area contributed by atoms with Gasteiger partial charge >= 0.3 is 5.97 Å². The van der Waals surface area contributed by atoms with Gasteiger partial charge in [0.15, 0.2) is 0 Å². The van der Waals surface area contributed by atoms with Gasteiger partial charge in [0.1, 0.15) is 5.54 Å². The smallest absolute Gasteiger partial charge is 0.326 e. The van der Waals surface area contributed by atoms with E-state index in [1.165, 1.54) is 7.11 Å².